The Kier molecular flexibility index (Phi) is 3.34. The van der Waals surface area contributed by atoms with E-state index >= 15 is 0 Å². The zero-order valence-electron chi connectivity index (χ0n) is 15.2. The Morgan fingerprint density at radius 2 is 2.00 bits per heavy atom. The lowest BCUT2D eigenvalue weighted by molar-refractivity contribution is -0.153. The van der Waals surface area contributed by atoms with Gasteiger partial charge in [0.15, 0.2) is 11.6 Å². The van der Waals surface area contributed by atoms with E-state index in [0.717, 1.165) is 24.8 Å². The van der Waals surface area contributed by atoms with Gasteiger partial charge in [0.1, 0.15) is 0 Å². The molecule has 5 nitrogen and oxygen atoms in total. The molecule has 0 aromatic carbocycles. The maximum Gasteiger partial charge on any atom is 0.216 e. The molecular formula is C21H26O5. The van der Waals surface area contributed by atoms with Crippen LogP contribution >= 0.6 is 0 Å². The minimum atomic E-state index is -1.30. The van der Waals surface area contributed by atoms with Gasteiger partial charge in [-0.2, -0.15) is 0 Å². The Bertz CT molecular complexity index is 754. The molecular weight excluding hydrogens is 332 g/mol. The van der Waals surface area contributed by atoms with Crippen LogP contribution in [-0.2, 0) is 14.3 Å². The normalized spacial score (nSPS) is 55.1. The fourth-order valence-electron chi connectivity index (χ4n) is 7.35. The summed E-state index contributed by atoms with van der Waals surface area (Å²) in [7, 11) is 0. The van der Waals surface area contributed by atoms with Crippen molar-refractivity contribution in [2.75, 3.05) is 0 Å². The molecule has 0 bridgehead atoms. The third-order valence-electron chi connectivity index (χ3n) is 8.35. The van der Waals surface area contributed by atoms with E-state index in [1.54, 1.807) is 12.2 Å². The van der Waals surface area contributed by atoms with Gasteiger partial charge in [0.05, 0.1) is 18.1 Å². The number of rotatable bonds is 0. The number of hydrogen-bond donors (Lipinski definition) is 2. The Morgan fingerprint density at radius 3 is 2.77 bits per heavy atom. The smallest absolute Gasteiger partial charge is 0.216 e. The molecule has 0 radical (unpaired) electrons. The van der Waals surface area contributed by atoms with Gasteiger partial charge in [-0.1, -0.05) is 25.5 Å². The Morgan fingerprint density at radius 1 is 1.23 bits per heavy atom. The number of aliphatic hydroxyl groups excluding tert-OH is 2. The number of Topliss-reactive ketones (excluding diaryl/α,β-unsaturated/α-hetero) is 1. The monoisotopic (exact) mass is 358 g/mol. The van der Waals surface area contributed by atoms with Crippen LogP contribution in [0.3, 0.4) is 0 Å². The molecule has 1 saturated heterocycles. The number of fused-ring (bicyclic) bond motifs is 7. The van der Waals surface area contributed by atoms with Gasteiger partial charge in [-0.3, -0.25) is 9.59 Å². The van der Waals surface area contributed by atoms with Gasteiger partial charge in [0.25, 0.3) is 0 Å². The third kappa shape index (κ3) is 1.92. The first-order valence-electron chi connectivity index (χ1n) is 9.75. The van der Waals surface area contributed by atoms with Crippen LogP contribution < -0.4 is 0 Å². The molecule has 2 N–H and O–H groups in total. The summed E-state index contributed by atoms with van der Waals surface area (Å²) >= 11 is 0. The van der Waals surface area contributed by atoms with Crippen LogP contribution in [0.25, 0.3) is 0 Å². The zero-order chi connectivity index (χ0) is 18.4. The summed E-state index contributed by atoms with van der Waals surface area (Å²) in [4.78, 5) is 24.4. The molecule has 9 atom stereocenters. The highest BCUT2D eigenvalue weighted by molar-refractivity contribution is 6.01. The topological polar surface area (TPSA) is 83.8 Å². The predicted octanol–water partition coefficient (Wildman–Crippen LogP) is 1.78. The number of aliphatic hydroxyl groups is 2. The largest absolute Gasteiger partial charge is 0.393 e. The van der Waals surface area contributed by atoms with E-state index in [0.29, 0.717) is 18.3 Å². The highest BCUT2D eigenvalue weighted by Gasteiger charge is 2.67. The highest BCUT2D eigenvalue weighted by Crippen LogP contribution is 2.67. The van der Waals surface area contributed by atoms with Crippen LogP contribution in [0.4, 0.5) is 0 Å². The lowest BCUT2D eigenvalue weighted by Gasteiger charge is -2.58. The number of ketones is 2. The first-order valence-corrected chi connectivity index (χ1v) is 9.75. The molecule has 5 heteroatoms. The molecule has 0 amide bonds. The van der Waals surface area contributed by atoms with Crippen molar-refractivity contribution >= 4 is 11.6 Å². The summed E-state index contributed by atoms with van der Waals surface area (Å²) in [5, 5.41) is 21.0. The molecule has 5 rings (SSSR count). The minimum Gasteiger partial charge on any atom is -0.393 e. The van der Waals surface area contributed by atoms with Gasteiger partial charge in [0, 0.05) is 11.3 Å². The van der Waals surface area contributed by atoms with E-state index in [4.69, 9.17) is 4.74 Å². The lowest BCUT2D eigenvalue weighted by atomic mass is 9.46. The van der Waals surface area contributed by atoms with Crippen LogP contribution in [0.1, 0.15) is 39.5 Å². The first kappa shape index (κ1) is 16.8. The second-order valence-electron chi connectivity index (χ2n) is 9.44. The minimum absolute atomic E-state index is 0.0365. The van der Waals surface area contributed by atoms with Gasteiger partial charge in [-0.15, -0.1) is 0 Å². The Balaban J connectivity index is 1.55. The van der Waals surface area contributed by atoms with E-state index < -0.39 is 12.4 Å². The summed E-state index contributed by atoms with van der Waals surface area (Å²) < 4.78 is 5.57. The maximum absolute atomic E-state index is 12.5. The van der Waals surface area contributed by atoms with Gasteiger partial charge in [-0.05, 0) is 55.1 Å². The molecule has 5 aliphatic rings. The standard InChI is InChI=1S/C21H26O5/c1-20-6-5-11(22)7-10(20)3-4-12-13-8-15-17(18(24)19(25)26-15)21(13,2)9-14(23)16(12)20/h5-7,12-17,19,23,25H,3-4,8-9H2,1-2H3/t12-,13-,14-,15+,16+,17-,19-,20-,21-/m0/s1. The highest BCUT2D eigenvalue weighted by atomic mass is 16.6. The van der Waals surface area contributed by atoms with Crippen LogP contribution in [0.2, 0.25) is 0 Å². The van der Waals surface area contributed by atoms with Gasteiger partial charge >= 0.3 is 0 Å². The van der Waals surface area contributed by atoms with Crippen molar-refractivity contribution < 1.29 is 24.5 Å². The average Bonchev–Trinajstić information content (AvgIpc) is 3.01. The molecule has 3 saturated carbocycles. The average molecular weight is 358 g/mol. The number of allylic oxidation sites excluding steroid dienone is 4. The number of carbonyl (C=O) groups is 2. The third-order valence-corrected chi connectivity index (χ3v) is 8.35. The van der Waals surface area contributed by atoms with Gasteiger partial charge < -0.3 is 14.9 Å². The maximum atomic E-state index is 12.5. The van der Waals surface area contributed by atoms with E-state index in [1.165, 1.54) is 0 Å². The number of hydrogen-bond acceptors (Lipinski definition) is 5. The molecule has 1 heterocycles. The molecule has 0 spiro atoms. The Labute approximate surface area is 153 Å². The van der Waals surface area contributed by atoms with E-state index in [9.17, 15) is 19.8 Å². The molecule has 0 aromatic heterocycles. The lowest BCUT2D eigenvalue weighted by Crippen LogP contribution is -2.56. The molecule has 0 aromatic rings. The van der Waals surface area contributed by atoms with Crippen molar-refractivity contribution in [3.05, 3.63) is 23.8 Å². The van der Waals surface area contributed by atoms with Crippen LogP contribution in [0.5, 0.6) is 0 Å². The summed E-state index contributed by atoms with van der Waals surface area (Å²) in [6, 6.07) is 0. The zero-order valence-corrected chi connectivity index (χ0v) is 15.2. The predicted molar refractivity (Wildman–Crippen MR) is 92.8 cm³/mol. The fourth-order valence-corrected chi connectivity index (χ4v) is 7.35. The van der Waals surface area contributed by atoms with Crippen molar-refractivity contribution in [2.24, 2.45) is 34.5 Å². The van der Waals surface area contributed by atoms with Crippen molar-refractivity contribution in [1.82, 2.24) is 0 Å². The summed E-state index contributed by atoms with van der Waals surface area (Å²) in [6.45, 7) is 4.25. The van der Waals surface area contributed by atoms with Crippen LogP contribution in [-0.4, -0.2) is 40.3 Å². The quantitative estimate of drug-likeness (QED) is 0.690. The van der Waals surface area contributed by atoms with Crippen molar-refractivity contribution in [2.45, 2.75) is 58.0 Å². The molecule has 26 heavy (non-hydrogen) atoms. The van der Waals surface area contributed by atoms with E-state index in [-0.39, 0.29) is 40.3 Å². The van der Waals surface area contributed by atoms with Crippen molar-refractivity contribution in [3.8, 4) is 0 Å². The molecule has 4 fully saturated rings. The molecule has 140 valence electrons. The van der Waals surface area contributed by atoms with Crippen LogP contribution in [0, 0.1) is 34.5 Å². The van der Waals surface area contributed by atoms with Crippen molar-refractivity contribution in [1.29, 1.82) is 0 Å². The summed E-state index contributed by atoms with van der Waals surface area (Å²) in [5.41, 5.74) is 0.514. The molecule has 4 aliphatic carbocycles. The first-order chi connectivity index (χ1) is 12.3. The van der Waals surface area contributed by atoms with Gasteiger partial charge in [0.2, 0.25) is 6.29 Å². The number of carbonyl (C=O) groups excluding carboxylic acids is 2. The summed E-state index contributed by atoms with van der Waals surface area (Å²) in [6.07, 6.45) is 6.44. The fraction of sp³-hybridized carbons (Fsp3) is 0.714. The van der Waals surface area contributed by atoms with E-state index in [1.807, 2.05) is 6.08 Å². The van der Waals surface area contributed by atoms with Crippen LogP contribution in [0.15, 0.2) is 23.8 Å². The molecule has 1 aliphatic heterocycles. The SMILES string of the molecule is C[C@]12C[C@H](O)[C@H]3[C@@H](CCC4=CC(=O)C=C[C@@]43C)[C@@H]1C[C@H]1O[C@H](O)C(=O)[C@H]12. The Hall–Kier alpha value is -1.30. The molecule has 0 unspecified atom stereocenters. The summed E-state index contributed by atoms with van der Waals surface area (Å²) in [5.74, 6) is 0.163. The second-order valence-corrected chi connectivity index (χ2v) is 9.44. The van der Waals surface area contributed by atoms with Crippen molar-refractivity contribution in [3.63, 3.8) is 0 Å². The van der Waals surface area contributed by atoms with E-state index in [2.05, 4.69) is 13.8 Å². The number of ether oxygens (including phenoxy) is 1. The second kappa shape index (κ2) is 5.15. The van der Waals surface area contributed by atoms with Gasteiger partial charge in [-0.25, -0.2) is 0 Å².